The lowest BCUT2D eigenvalue weighted by molar-refractivity contribution is -0.976. The second-order valence-corrected chi connectivity index (χ2v) is 9.90. The number of unbranched alkanes of at least 4 members (excludes halogenated alkanes) is 13. The molecule has 0 amide bonds. The number of aromatic carboxylic acids is 1. The van der Waals surface area contributed by atoms with Crippen molar-refractivity contribution in [3.05, 3.63) is 48.0 Å². The number of quaternary nitrogens is 1. The summed E-state index contributed by atoms with van der Waals surface area (Å²) in [5.74, 6) is -1.13. The number of hydrogen-bond acceptors (Lipinski definition) is 5. The van der Waals surface area contributed by atoms with Crippen molar-refractivity contribution >= 4 is 16.7 Å². The topological polar surface area (TPSA) is 101 Å². The molecule has 6 heteroatoms. The molecular formula is C30H49NO5. The summed E-state index contributed by atoms with van der Waals surface area (Å²) < 4.78 is -0.00173. The van der Waals surface area contributed by atoms with Gasteiger partial charge in [-0.25, -0.2) is 0 Å². The minimum absolute atomic E-state index is 0.00173. The average molecular weight is 504 g/mol. The van der Waals surface area contributed by atoms with Crippen LogP contribution in [0.3, 0.4) is 0 Å². The molecule has 0 aliphatic heterocycles. The number of nitrogens with zero attached hydrogens (tertiary/aromatic N) is 1. The number of hydrogen-bond donors (Lipinski definition) is 3. The summed E-state index contributed by atoms with van der Waals surface area (Å²) in [6.45, 7) is 2.35. The molecule has 0 spiro atoms. The molecule has 0 bridgehead atoms. The van der Waals surface area contributed by atoms with Crippen molar-refractivity contribution in [2.24, 2.45) is 0 Å². The molecule has 0 saturated carbocycles. The van der Waals surface area contributed by atoms with E-state index in [0.29, 0.717) is 6.54 Å². The highest BCUT2D eigenvalue weighted by Gasteiger charge is 2.23. The molecule has 0 aromatic heterocycles. The van der Waals surface area contributed by atoms with Gasteiger partial charge in [0.2, 0.25) is 0 Å². The first-order chi connectivity index (χ1) is 17.5. The SMILES string of the molecule is CCCCCCCCCCCCCCCC[N+](CO)(CO)CO.O=C([O-])c1cccc2ccccc12. The smallest absolute Gasteiger partial charge is 0.183 e. The van der Waals surface area contributed by atoms with Gasteiger partial charge in [0.15, 0.2) is 20.2 Å². The van der Waals surface area contributed by atoms with Gasteiger partial charge in [-0.2, -0.15) is 0 Å². The molecule has 6 nitrogen and oxygen atoms in total. The van der Waals surface area contributed by atoms with E-state index < -0.39 is 5.97 Å². The van der Waals surface area contributed by atoms with Crippen LogP contribution in [0.5, 0.6) is 0 Å². The van der Waals surface area contributed by atoms with Crippen molar-refractivity contribution in [3.8, 4) is 0 Å². The van der Waals surface area contributed by atoms with Gasteiger partial charge in [0.1, 0.15) is 0 Å². The largest absolute Gasteiger partial charge is 0.545 e. The fourth-order valence-electron chi connectivity index (χ4n) is 4.39. The maximum Gasteiger partial charge on any atom is 0.183 e. The number of rotatable bonds is 19. The van der Waals surface area contributed by atoms with Crippen LogP contribution in [-0.2, 0) is 0 Å². The zero-order chi connectivity index (χ0) is 26.5. The van der Waals surface area contributed by atoms with E-state index in [0.717, 1.165) is 23.6 Å². The Labute approximate surface area is 218 Å². The van der Waals surface area contributed by atoms with E-state index >= 15 is 0 Å². The van der Waals surface area contributed by atoms with Crippen LogP contribution in [0.1, 0.15) is 107 Å². The second kappa shape index (κ2) is 20.1. The van der Waals surface area contributed by atoms with Crippen LogP contribution in [0.2, 0.25) is 0 Å². The molecule has 2 aromatic rings. The highest BCUT2D eigenvalue weighted by Crippen LogP contribution is 2.17. The third-order valence-electron chi connectivity index (χ3n) is 6.90. The highest BCUT2D eigenvalue weighted by molar-refractivity contribution is 6.02. The molecule has 0 radical (unpaired) electrons. The van der Waals surface area contributed by atoms with Crippen molar-refractivity contribution in [1.82, 2.24) is 0 Å². The molecule has 36 heavy (non-hydrogen) atoms. The van der Waals surface area contributed by atoms with Crippen molar-refractivity contribution in [2.45, 2.75) is 96.8 Å². The van der Waals surface area contributed by atoms with Crippen LogP contribution in [0.25, 0.3) is 10.8 Å². The van der Waals surface area contributed by atoms with Gasteiger partial charge in [-0.3, -0.25) is 4.48 Å². The van der Waals surface area contributed by atoms with Gasteiger partial charge < -0.3 is 25.2 Å². The quantitative estimate of drug-likeness (QED) is 0.137. The number of fused-ring (bicyclic) bond motifs is 1. The fraction of sp³-hybridized carbons (Fsp3) is 0.633. The molecule has 0 atom stereocenters. The lowest BCUT2D eigenvalue weighted by Gasteiger charge is -2.31. The van der Waals surface area contributed by atoms with Crippen molar-refractivity contribution < 1.29 is 29.7 Å². The number of carbonyl (C=O) groups is 1. The summed E-state index contributed by atoms with van der Waals surface area (Å²) in [5.41, 5.74) is 0.248. The molecule has 0 aliphatic carbocycles. The predicted octanol–water partition coefficient (Wildman–Crippen LogP) is 5.34. The molecule has 0 aliphatic rings. The van der Waals surface area contributed by atoms with Crippen molar-refractivity contribution in [3.63, 3.8) is 0 Å². The van der Waals surface area contributed by atoms with Gasteiger partial charge in [-0.1, -0.05) is 126 Å². The summed E-state index contributed by atoms with van der Waals surface area (Å²) in [6, 6.07) is 12.5. The summed E-state index contributed by atoms with van der Waals surface area (Å²) >= 11 is 0. The van der Waals surface area contributed by atoms with E-state index in [2.05, 4.69) is 6.92 Å². The summed E-state index contributed by atoms with van der Waals surface area (Å²) in [6.07, 6.45) is 18.5. The third-order valence-corrected chi connectivity index (χ3v) is 6.90. The Morgan fingerprint density at radius 3 is 1.58 bits per heavy atom. The molecule has 2 rings (SSSR count). The van der Waals surface area contributed by atoms with Crippen LogP contribution >= 0.6 is 0 Å². The molecule has 0 unspecified atom stereocenters. The Kier molecular flexibility index (Phi) is 17.9. The maximum absolute atomic E-state index is 10.7. The summed E-state index contributed by atoms with van der Waals surface area (Å²) in [7, 11) is 0. The normalized spacial score (nSPS) is 11.3. The Morgan fingerprint density at radius 1 is 0.667 bits per heavy atom. The fourth-order valence-corrected chi connectivity index (χ4v) is 4.39. The number of benzene rings is 2. The van der Waals surface area contributed by atoms with Gasteiger partial charge in [-0.05, 0) is 23.6 Å². The lowest BCUT2D eigenvalue weighted by atomic mass is 10.0. The van der Waals surface area contributed by atoms with Gasteiger partial charge in [-0.15, -0.1) is 0 Å². The van der Waals surface area contributed by atoms with Crippen molar-refractivity contribution in [2.75, 3.05) is 26.7 Å². The summed E-state index contributed by atoms with van der Waals surface area (Å²) in [5, 5.41) is 40.0. The van der Waals surface area contributed by atoms with E-state index in [-0.39, 0.29) is 30.2 Å². The van der Waals surface area contributed by atoms with Crippen LogP contribution in [0.15, 0.2) is 42.5 Å². The Morgan fingerprint density at radius 2 is 1.11 bits per heavy atom. The van der Waals surface area contributed by atoms with Gasteiger partial charge in [0.05, 0.1) is 12.5 Å². The Balaban J connectivity index is 0.000000414. The van der Waals surface area contributed by atoms with Gasteiger partial charge in [0, 0.05) is 5.56 Å². The van der Waals surface area contributed by atoms with Gasteiger partial charge in [0.25, 0.3) is 0 Å². The monoisotopic (exact) mass is 503 g/mol. The third kappa shape index (κ3) is 12.8. The number of aliphatic hydroxyl groups excluding tert-OH is 3. The first-order valence-corrected chi connectivity index (χ1v) is 13.9. The molecular weight excluding hydrogens is 454 g/mol. The zero-order valence-electron chi connectivity index (χ0n) is 22.4. The molecule has 0 saturated heterocycles. The molecule has 2 aromatic carbocycles. The maximum atomic E-state index is 10.7. The molecule has 0 fully saturated rings. The van der Waals surface area contributed by atoms with E-state index in [1.54, 1.807) is 18.2 Å². The molecule has 0 heterocycles. The standard InChI is InChI=1S/C19H42NO3.C11H8O2/c1-2-3-4-5-6-7-8-9-10-11-12-13-14-15-16-20(17-21,18-22)19-23;12-11(13)10-7-3-5-8-4-1-2-6-9(8)10/h21-23H,2-19H2,1H3;1-7H,(H,12,13)/q+1;/p-1. The van der Waals surface area contributed by atoms with Crippen LogP contribution in [-0.4, -0.2) is 52.5 Å². The lowest BCUT2D eigenvalue weighted by Crippen LogP contribution is -2.50. The van der Waals surface area contributed by atoms with Crippen LogP contribution < -0.4 is 5.11 Å². The Hall–Kier alpha value is -1.99. The number of carboxylic acid groups (broad SMARTS) is 1. The van der Waals surface area contributed by atoms with E-state index in [4.69, 9.17) is 0 Å². The summed E-state index contributed by atoms with van der Waals surface area (Å²) in [4.78, 5) is 10.7. The molecule has 204 valence electrons. The minimum Gasteiger partial charge on any atom is -0.545 e. The van der Waals surface area contributed by atoms with Crippen LogP contribution in [0, 0.1) is 0 Å². The van der Waals surface area contributed by atoms with E-state index in [1.165, 1.54) is 77.0 Å². The van der Waals surface area contributed by atoms with Crippen LogP contribution in [0.4, 0.5) is 0 Å². The van der Waals surface area contributed by atoms with Gasteiger partial charge >= 0.3 is 0 Å². The molecule has 3 N–H and O–H groups in total. The van der Waals surface area contributed by atoms with E-state index in [1.807, 2.05) is 24.3 Å². The number of carboxylic acids is 1. The predicted molar refractivity (Wildman–Crippen MR) is 145 cm³/mol. The minimum atomic E-state index is -1.13. The van der Waals surface area contributed by atoms with E-state index in [9.17, 15) is 25.2 Å². The number of aliphatic hydroxyl groups is 3. The van der Waals surface area contributed by atoms with Crippen molar-refractivity contribution in [1.29, 1.82) is 0 Å². The Bertz CT molecular complexity index is 808. The zero-order valence-corrected chi connectivity index (χ0v) is 22.4. The highest BCUT2D eigenvalue weighted by atomic mass is 16.4. The second-order valence-electron chi connectivity index (χ2n) is 9.90. The number of carbonyl (C=O) groups excluding carboxylic acids is 1. The first kappa shape index (κ1) is 32.0. The average Bonchev–Trinajstić information content (AvgIpc) is 2.91. The first-order valence-electron chi connectivity index (χ1n) is 13.9.